The summed E-state index contributed by atoms with van der Waals surface area (Å²) in [7, 11) is 0. The zero-order valence-corrected chi connectivity index (χ0v) is 7.21. The van der Waals surface area contributed by atoms with E-state index < -0.39 is 0 Å². The maximum absolute atomic E-state index is 11.5. The molecule has 3 heteroatoms. The second kappa shape index (κ2) is 3.87. The third-order valence-electron chi connectivity index (χ3n) is 1.81. The van der Waals surface area contributed by atoms with Gasteiger partial charge in [-0.05, 0) is 6.08 Å². The number of H-pyrrole nitrogens is 1. The van der Waals surface area contributed by atoms with Crippen LogP contribution in [0.1, 0.15) is 16.8 Å². The number of aromatic amines is 1. The smallest absolute Gasteiger partial charge is 0.194 e. The van der Waals surface area contributed by atoms with Gasteiger partial charge in [0.15, 0.2) is 5.43 Å². The first-order chi connectivity index (χ1) is 6.24. The Hall–Kier alpha value is -1.61. The Bertz CT molecular complexity index is 390. The molecule has 13 heavy (non-hydrogen) atoms. The Labute approximate surface area is 76.1 Å². The first-order valence-corrected chi connectivity index (χ1v) is 3.85. The quantitative estimate of drug-likeness (QED) is 0.727. The van der Waals surface area contributed by atoms with Crippen molar-refractivity contribution in [3.63, 3.8) is 0 Å². The van der Waals surface area contributed by atoms with E-state index in [-0.39, 0.29) is 12.0 Å². The highest BCUT2D eigenvalue weighted by Crippen LogP contribution is 2.05. The summed E-state index contributed by atoms with van der Waals surface area (Å²) in [6.07, 6.45) is 4.47. The van der Waals surface area contributed by atoms with Crippen LogP contribution in [-0.2, 0) is 6.61 Å². The monoisotopic (exact) mass is 177 g/mol. The van der Waals surface area contributed by atoms with Gasteiger partial charge in [0, 0.05) is 23.0 Å². The highest BCUT2D eigenvalue weighted by molar-refractivity contribution is 5.60. The van der Waals surface area contributed by atoms with Gasteiger partial charge >= 0.3 is 0 Å². The number of rotatable bonds is 3. The van der Waals surface area contributed by atoms with Crippen molar-refractivity contribution in [2.24, 2.45) is 0 Å². The Kier molecular flexibility index (Phi) is 2.82. The van der Waals surface area contributed by atoms with Crippen molar-refractivity contribution in [3.8, 4) is 0 Å². The van der Waals surface area contributed by atoms with E-state index in [4.69, 9.17) is 5.11 Å². The summed E-state index contributed by atoms with van der Waals surface area (Å²) in [6.45, 7) is 6.81. The highest BCUT2D eigenvalue weighted by Gasteiger charge is 2.05. The van der Waals surface area contributed by atoms with Crippen LogP contribution in [0, 0.1) is 0 Å². The molecule has 0 aliphatic rings. The standard InChI is InChI=1S/C10H11NO2/c1-3-8-9(4-2)11-5-7(6-12)10(8)13/h3-5,12H,1-2,6H2,(H,11,13). The molecule has 0 spiro atoms. The summed E-state index contributed by atoms with van der Waals surface area (Å²) < 4.78 is 0. The van der Waals surface area contributed by atoms with Crippen molar-refractivity contribution in [3.05, 3.63) is 46.4 Å². The first kappa shape index (κ1) is 9.48. The van der Waals surface area contributed by atoms with Gasteiger partial charge in [0.2, 0.25) is 0 Å². The van der Waals surface area contributed by atoms with Crippen LogP contribution in [0.2, 0.25) is 0 Å². The molecule has 1 aromatic rings. The summed E-state index contributed by atoms with van der Waals surface area (Å²) in [5.41, 5.74) is 1.20. The molecule has 1 rings (SSSR count). The Morgan fingerprint density at radius 3 is 2.62 bits per heavy atom. The molecule has 0 bridgehead atoms. The van der Waals surface area contributed by atoms with Gasteiger partial charge in [0.05, 0.1) is 6.61 Å². The molecular formula is C10H11NO2. The van der Waals surface area contributed by atoms with Gasteiger partial charge in [-0.15, -0.1) is 0 Å². The summed E-state index contributed by atoms with van der Waals surface area (Å²) in [5, 5.41) is 8.82. The van der Waals surface area contributed by atoms with Crippen LogP contribution >= 0.6 is 0 Å². The molecular weight excluding hydrogens is 166 g/mol. The van der Waals surface area contributed by atoms with E-state index >= 15 is 0 Å². The zero-order chi connectivity index (χ0) is 9.84. The lowest BCUT2D eigenvalue weighted by atomic mass is 10.1. The van der Waals surface area contributed by atoms with Gasteiger partial charge in [0.25, 0.3) is 0 Å². The number of hydrogen-bond acceptors (Lipinski definition) is 2. The normalized spacial score (nSPS) is 9.62. The minimum atomic E-state index is -0.270. The summed E-state index contributed by atoms with van der Waals surface area (Å²) >= 11 is 0. The molecule has 0 radical (unpaired) electrons. The van der Waals surface area contributed by atoms with Gasteiger partial charge in [-0.25, -0.2) is 0 Å². The fourth-order valence-corrected chi connectivity index (χ4v) is 1.09. The molecule has 0 saturated heterocycles. The van der Waals surface area contributed by atoms with Crippen molar-refractivity contribution in [1.29, 1.82) is 0 Å². The number of aliphatic hydroxyl groups is 1. The Morgan fingerprint density at radius 2 is 2.15 bits per heavy atom. The van der Waals surface area contributed by atoms with Crippen LogP contribution in [-0.4, -0.2) is 10.1 Å². The second-order valence-electron chi connectivity index (χ2n) is 2.54. The fourth-order valence-electron chi connectivity index (χ4n) is 1.09. The van der Waals surface area contributed by atoms with Crippen molar-refractivity contribution in [1.82, 2.24) is 4.98 Å². The number of nitrogens with one attached hydrogen (secondary N) is 1. The fraction of sp³-hybridized carbons (Fsp3) is 0.100. The average Bonchev–Trinajstić information content (AvgIpc) is 2.17. The van der Waals surface area contributed by atoms with Crippen LogP contribution in [0.4, 0.5) is 0 Å². The van der Waals surface area contributed by atoms with Gasteiger partial charge in [-0.2, -0.15) is 0 Å². The van der Waals surface area contributed by atoms with Crippen LogP contribution in [0.3, 0.4) is 0 Å². The Morgan fingerprint density at radius 1 is 1.46 bits per heavy atom. The third kappa shape index (κ3) is 1.60. The molecule has 0 unspecified atom stereocenters. The van der Waals surface area contributed by atoms with Crippen LogP contribution in [0.5, 0.6) is 0 Å². The number of hydrogen-bond donors (Lipinski definition) is 2. The number of aliphatic hydroxyl groups excluding tert-OH is 1. The van der Waals surface area contributed by atoms with Gasteiger partial charge in [0.1, 0.15) is 0 Å². The topological polar surface area (TPSA) is 53.1 Å². The maximum atomic E-state index is 11.5. The van der Waals surface area contributed by atoms with Gasteiger partial charge in [-0.1, -0.05) is 19.2 Å². The summed E-state index contributed by atoms with van der Waals surface area (Å²) in [5.74, 6) is 0. The molecule has 0 saturated carbocycles. The first-order valence-electron chi connectivity index (χ1n) is 3.85. The third-order valence-corrected chi connectivity index (χ3v) is 1.81. The molecule has 1 aromatic heterocycles. The number of pyridine rings is 1. The molecule has 3 nitrogen and oxygen atoms in total. The molecule has 0 atom stereocenters. The van der Waals surface area contributed by atoms with E-state index in [2.05, 4.69) is 18.1 Å². The summed E-state index contributed by atoms with van der Waals surface area (Å²) in [6, 6.07) is 0. The van der Waals surface area contributed by atoms with E-state index in [0.29, 0.717) is 16.8 Å². The molecule has 0 aromatic carbocycles. The molecule has 2 N–H and O–H groups in total. The second-order valence-corrected chi connectivity index (χ2v) is 2.54. The van der Waals surface area contributed by atoms with E-state index in [0.717, 1.165) is 0 Å². The average molecular weight is 177 g/mol. The van der Waals surface area contributed by atoms with Gasteiger partial charge < -0.3 is 10.1 Å². The molecule has 68 valence electrons. The molecule has 0 aliphatic heterocycles. The van der Waals surface area contributed by atoms with E-state index in [9.17, 15) is 4.79 Å². The van der Waals surface area contributed by atoms with Crippen molar-refractivity contribution >= 4 is 12.2 Å². The SMILES string of the molecule is C=Cc1[nH]cc(CO)c(=O)c1C=C. The minimum Gasteiger partial charge on any atom is -0.391 e. The predicted octanol–water partition coefficient (Wildman–Crippen LogP) is 1.15. The molecule has 0 aliphatic carbocycles. The van der Waals surface area contributed by atoms with Gasteiger partial charge in [-0.3, -0.25) is 4.79 Å². The molecule has 1 heterocycles. The maximum Gasteiger partial charge on any atom is 0.194 e. The molecule has 0 amide bonds. The van der Waals surface area contributed by atoms with E-state index in [1.807, 2.05) is 0 Å². The highest BCUT2D eigenvalue weighted by atomic mass is 16.3. The van der Waals surface area contributed by atoms with Crippen LogP contribution < -0.4 is 5.43 Å². The predicted molar refractivity (Wildman–Crippen MR) is 53.2 cm³/mol. The van der Waals surface area contributed by atoms with E-state index in [1.165, 1.54) is 12.3 Å². The lowest BCUT2D eigenvalue weighted by Gasteiger charge is -2.02. The van der Waals surface area contributed by atoms with Crippen molar-refractivity contribution < 1.29 is 5.11 Å². The lowest BCUT2D eigenvalue weighted by Crippen LogP contribution is -2.14. The summed E-state index contributed by atoms with van der Waals surface area (Å²) in [4.78, 5) is 14.4. The van der Waals surface area contributed by atoms with Crippen LogP contribution in [0.15, 0.2) is 24.1 Å². The number of aromatic nitrogens is 1. The van der Waals surface area contributed by atoms with Crippen molar-refractivity contribution in [2.45, 2.75) is 6.61 Å². The molecule has 0 fully saturated rings. The zero-order valence-electron chi connectivity index (χ0n) is 7.21. The van der Waals surface area contributed by atoms with Crippen molar-refractivity contribution in [2.75, 3.05) is 0 Å². The lowest BCUT2D eigenvalue weighted by molar-refractivity contribution is 0.280. The van der Waals surface area contributed by atoms with E-state index in [1.54, 1.807) is 6.08 Å². The minimum absolute atomic E-state index is 0.203. The van der Waals surface area contributed by atoms with Crippen LogP contribution in [0.25, 0.3) is 12.2 Å². The Balaban J connectivity index is 3.49. The largest absolute Gasteiger partial charge is 0.391 e.